The van der Waals surface area contributed by atoms with Gasteiger partial charge in [0.05, 0.1) is 54.8 Å². The van der Waals surface area contributed by atoms with E-state index in [-0.39, 0.29) is 12.0 Å². The molecule has 2 bridgehead atoms. The summed E-state index contributed by atoms with van der Waals surface area (Å²) in [6, 6.07) is 1.52. The Labute approximate surface area is 290 Å². The van der Waals surface area contributed by atoms with Gasteiger partial charge in [-0.3, -0.25) is 24.0 Å². The van der Waals surface area contributed by atoms with Gasteiger partial charge in [0.1, 0.15) is 23.9 Å². The van der Waals surface area contributed by atoms with Crippen LogP contribution in [0.15, 0.2) is 35.2 Å². The Morgan fingerprint density at radius 2 is 1.68 bits per heavy atom. The van der Waals surface area contributed by atoms with Crippen molar-refractivity contribution < 1.29 is 66.7 Å². The van der Waals surface area contributed by atoms with Crippen LogP contribution in [-0.4, -0.2) is 84.0 Å². The highest BCUT2D eigenvalue weighted by Gasteiger charge is 2.83. The van der Waals surface area contributed by atoms with Crippen LogP contribution in [0.4, 0.5) is 0 Å². The Bertz CT molecular complexity index is 1590. The van der Waals surface area contributed by atoms with E-state index in [1.165, 1.54) is 46.5 Å². The van der Waals surface area contributed by atoms with Crippen LogP contribution in [0.5, 0.6) is 0 Å². The number of rotatable bonds is 8. The second-order valence-electron chi connectivity index (χ2n) is 14.9. The molecular formula is C36H46O14. The van der Waals surface area contributed by atoms with E-state index in [1.54, 1.807) is 27.7 Å². The van der Waals surface area contributed by atoms with Crippen molar-refractivity contribution >= 4 is 35.6 Å². The van der Waals surface area contributed by atoms with E-state index in [0.717, 1.165) is 6.92 Å². The maximum absolute atomic E-state index is 15.4. The number of hydrogen-bond donors (Lipinski definition) is 1. The fourth-order valence-corrected chi connectivity index (χ4v) is 9.09. The molecule has 4 fully saturated rings. The van der Waals surface area contributed by atoms with Crippen LogP contribution in [0.1, 0.15) is 79.9 Å². The standard InChI is InChI=1S/C36H46O14/c1-11-16(2)31(42)48-24-28(46-18(4)37)33(6,7)21(14-22(39)44-10)34(8)25(40)23-17(3)36(50-29(24)34)30(47-19(5)38)32(43)49-27(20-12-13-45-15-20)35(36,9)26(23)41/h12-13,15-16,21,23-24,26-30,41H,3,11,14H2,1-2,4-10H3/t16-,21+,23+,24+,26+,27+,28+,29+,30-,34+,35+,36-/m1/s1. The molecule has 14 nitrogen and oxygen atoms in total. The first-order chi connectivity index (χ1) is 23.3. The van der Waals surface area contributed by atoms with Crippen LogP contribution in [0.3, 0.4) is 0 Å². The van der Waals surface area contributed by atoms with E-state index in [2.05, 4.69) is 6.58 Å². The summed E-state index contributed by atoms with van der Waals surface area (Å²) in [6.45, 7) is 16.3. The van der Waals surface area contributed by atoms with Gasteiger partial charge >= 0.3 is 29.8 Å². The topological polar surface area (TPSA) is 191 Å². The van der Waals surface area contributed by atoms with Crippen molar-refractivity contribution in [3.63, 3.8) is 0 Å². The van der Waals surface area contributed by atoms with Crippen molar-refractivity contribution in [2.24, 2.45) is 34.0 Å². The molecule has 1 aromatic rings. The zero-order valence-electron chi connectivity index (χ0n) is 29.8. The predicted octanol–water partition coefficient (Wildman–Crippen LogP) is 3.18. The molecule has 5 rings (SSSR count). The van der Waals surface area contributed by atoms with Gasteiger partial charge in [-0.1, -0.05) is 34.3 Å². The summed E-state index contributed by atoms with van der Waals surface area (Å²) in [5, 5.41) is 12.4. The number of Topliss-reactive ketones (excluding diaryl/α,β-unsaturated/α-hetero) is 1. The van der Waals surface area contributed by atoms with Gasteiger partial charge < -0.3 is 37.9 Å². The van der Waals surface area contributed by atoms with E-state index in [9.17, 15) is 29.1 Å². The fourth-order valence-electron chi connectivity index (χ4n) is 9.09. The molecule has 4 aliphatic rings. The van der Waals surface area contributed by atoms with Gasteiger partial charge in [-0.05, 0) is 37.8 Å². The van der Waals surface area contributed by atoms with E-state index < -0.39 is 112 Å². The number of aliphatic hydroxyl groups excluding tert-OH is 1. The molecule has 0 amide bonds. The first kappa shape index (κ1) is 37.2. The van der Waals surface area contributed by atoms with E-state index in [0.29, 0.717) is 12.0 Å². The lowest BCUT2D eigenvalue weighted by atomic mass is 9.49. The molecule has 2 aliphatic heterocycles. The summed E-state index contributed by atoms with van der Waals surface area (Å²) in [5.41, 5.74) is -6.82. The van der Waals surface area contributed by atoms with Gasteiger partial charge in [0, 0.05) is 24.8 Å². The zero-order valence-corrected chi connectivity index (χ0v) is 29.8. The highest BCUT2D eigenvalue weighted by atomic mass is 16.6. The second kappa shape index (κ2) is 12.6. The number of carbonyl (C=O) groups is 6. The van der Waals surface area contributed by atoms with Crippen molar-refractivity contribution in [2.45, 2.75) is 110 Å². The number of fused-ring (bicyclic) bond motifs is 2. The molecule has 2 saturated carbocycles. The first-order valence-corrected chi connectivity index (χ1v) is 16.7. The summed E-state index contributed by atoms with van der Waals surface area (Å²) in [7, 11) is 1.19. The summed E-state index contributed by atoms with van der Waals surface area (Å²) in [6.07, 6.45) is -6.59. The first-order valence-electron chi connectivity index (χ1n) is 16.7. The molecule has 3 heterocycles. The average molecular weight is 703 g/mol. The van der Waals surface area contributed by atoms with Crippen molar-refractivity contribution in [1.82, 2.24) is 0 Å². The van der Waals surface area contributed by atoms with Crippen molar-refractivity contribution in [2.75, 3.05) is 7.11 Å². The van der Waals surface area contributed by atoms with Crippen LogP contribution < -0.4 is 0 Å². The number of methoxy groups -OCH3 is 1. The number of esters is 5. The third kappa shape index (κ3) is 5.03. The molecule has 0 unspecified atom stereocenters. The lowest BCUT2D eigenvalue weighted by molar-refractivity contribution is -0.317. The molecule has 2 saturated heterocycles. The maximum Gasteiger partial charge on any atom is 0.351 e. The molecule has 2 aliphatic carbocycles. The van der Waals surface area contributed by atoms with Gasteiger partial charge in [-0.2, -0.15) is 0 Å². The molecule has 14 heteroatoms. The molecule has 1 N–H and O–H groups in total. The lowest BCUT2D eigenvalue weighted by Crippen LogP contribution is -2.75. The normalized spacial score (nSPS) is 39.2. The SMILES string of the molecule is C=C1[C@H]2C(=O)[C@@]3(C)[C@@H](O[C@@]14[C@H](OC(C)=O)C(=O)O[C@@H](c1ccoc1)[C@]4(C)[C@H]2O)[C@@H](OC(=O)[C@H](C)CC)[C@H](OC(C)=O)C(C)(C)[C@@H]3CC(=O)OC. The Hall–Kier alpha value is -4.04. The molecule has 1 aromatic heterocycles. The minimum Gasteiger partial charge on any atom is -0.472 e. The Kier molecular flexibility index (Phi) is 9.40. The third-order valence-electron chi connectivity index (χ3n) is 11.9. The smallest absolute Gasteiger partial charge is 0.351 e. The Morgan fingerprint density at radius 3 is 2.22 bits per heavy atom. The number of ether oxygens (including phenoxy) is 6. The average Bonchev–Trinajstić information content (AvgIpc) is 3.62. The largest absolute Gasteiger partial charge is 0.472 e. The number of furan rings is 1. The molecule has 50 heavy (non-hydrogen) atoms. The summed E-state index contributed by atoms with van der Waals surface area (Å²) in [4.78, 5) is 81.6. The molecular weight excluding hydrogens is 656 g/mol. The maximum atomic E-state index is 15.4. The number of ketones is 1. The number of aliphatic hydroxyl groups is 1. The zero-order chi connectivity index (χ0) is 37.3. The molecule has 0 radical (unpaired) electrons. The van der Waals surface area contributed by atoms with Crippen LogP contribution in [0.2, 0.25) is 0 Å². The quantitative estimate of drug-likeness (QED) is 0.236. The molecule has 1 spiro atoms. The van der Waals surface area contributed by atoms with Crippen molar-refractivity contribution in [3.8, 4) is 0 Å². The molecule has 274 valence electrons. The Balaban J connectivity index is 1.87. The fraction of sp³-hybridized carbons (Fsp3) is 0.667. The van der Waals surface area contributed by atoms with E-state index in [1.807, 2.05) is 0 Å². The van der Waals surface area contributed by atoms with Gasteiger partial charge in [0.2, 0.25) is 6.10 Å². The van der Waals surface area contributed by atoms with Crippen LogP contribution >= 0.6 is 0 Å². The molecule has 12 atom stereocenters. The Morgan fingerprint density at radius 1 is 1.04 bits per heavy atom. The highest BCUT2D eigenvalue weighted by Crippen LogP contribution is 2.71. The number of carbonyl (C=O) groups excluding carboxylic acids is 6. The van der Waals surface area contributed by atoms with Crippen molar-refractivity contribution in [1.29, 1.82) is 0 Å². The van der Waals surface area contributed by atoms with E-state index >= 15 is 4.79 Å². The van der Waals surface area contributed by atoms with Crippen LogP contribution in [-0.2, 0) is 57.2 Å². The number of hydrogen-bond acceptors (Lipinski definition) is 14. The van der Waals surface area contributed by atoms with Gasteiger partial charge in [-0.25, -0.2) is 4.79 Å². The van der Waals surface area contributed by atoms with Gasteiger partial charge in [0.25, 0.3) is 0 Å². The minimum absolute atomic E-state index is 0.0739. The second-order valence-corrected chi connectivity index (χ2v) is 14.9. The lowest BCUT2D eigenvalue weighted by Gasteiger charge is -2.62. The van der Waals surface area contributed by atoms with Gasteiger partial charge in [0.15, 0.2) is 11.9 Å². The minimum atomic E-state index is -2.20. The van der Waals surface area contributed by atoms with Gasteiger partial charge in [-0.15, -0.1) is 0 Å². The highest BCUT2D eigenvalue weighted by molar-refractivity contribution is 5.95. The molecule has 0 aromatic carbocycles. The van der Waals surface area contributed by atoms with Crippen molar-refractivity contribution in [3.05, 3.63) is 36.3 Å². The van der Waals surface area contributed by atoms with E-state index in [4.69, 9.17) is 32.8 Å². The monoisotopic (exact) mass is 702 g/mol. The number of cyclic esters (lactones) is 1. The van der Waals surface area contributed by atoms with Crippen LogP contribution in [0.25, 0.3) is 0 Å². The third-order valence-corrected chi connectivity index (χ3v) is 11.9. The summed E-state index contributed by atoms with van der Waals surface area (Å²) >= 11 is 0. The summed E-state index contributed by atoms with van der Waals surface area (Å²) < 4.78 is 41.1. The van der Waals surface area contributed by atoms with Crippen LogP contribution in [0, 0.1) is 34.0 Å². The summed E-state index contributed by atoms with van der Waals surface area (Å²) in [5.74, 6) is -7.83. The predicted molar refractivity (Wildman–Crippen MR) is 169 cm³/mol.